The Morgan fingerprint density at radius 2 is 0.643 bits per heavy atom. The maximum absolute atomic E-state index is 2.26. The normalized spacial score (nSPS) is 6.43. The molecule has 0 spiro atoms. The minimum absolute atomic E-state index is 0. The molecule has 0 unspecified atom stereocenters. The molecule has 0 saturated carbocycles. The molecule has 0 saturated heterocycles. The molecule has 0 atom stereocenters. The summed E-state index contributed by atoms with van der Waals surface area (Å²) in [5.74, 6) is 0. The Morgan fingerprint density at radius 1 is 0.429 bits per heavy atom. The third-order valence-electron chi connectivity index (χ3n) is 1.71. The monoisotopic (exact) mass is 208 g/mol. The average molecular weight is 208 g/mol. The van der Waals surface area contributed by atoms with E-state index in [4.69, 9.17) is 0 Å². The molecule has 0 aliphatic rings. The second-order valence-electron chi connectivity index (χ2n) is 2.77. The molecular formula is C14H40. The fourth-order valence-electron chi connectivity index (χ4n) is 1.03. The number of hydrogen-bond acceptors (Lipinski definition) is 0. The molecule has 0 aromatic carbocycles. The molecule has 0 fully saturated rings. The van der Waals surface area contributed by atoms with Gasteiger partial charge in [-0.05, 0) is 0 Å². The summed E-state index contributed by atoms with van der Waals surface area (Å²) in [6.07, 6.45) is 9.97. The zero-order valence-corrected chi connectivity index (χ0v) is 6.95. The van der Waals surface area contributed by atoms with Crippen LogP contribution in [0.15, 0.2) is 0 Å². The molecule has 14 heavy (non-hydrogen) atoms. The minimum atomic E-state index is 0. The quantitative estimate of drug-likeness (QED) is 0.415. The van der Waals surface area contributed by atoms with Gasteiger partial charge in [0.1, 0.15) is 0 Å². The lowest BCUT2D eigenvalue weighted by Crippen LogP contribution is -1.76. The van der Waals surface area contributed by atoms with Crippen LogP contribution in [0.5, 0.6) is 0 Å². The van der Waals surface area contributed by atoms with Crippen LogP contribution in [0.1, 0.15) is 95.9 Å². The van der Waals surface area contributed by atoms with Crippen LogP contribution in [-0.4, -0.2) is 0 Å². The SMILES string of the molecule is C.C.C.C.C.CCCCCCCCC. The van der Waals surface area contributed by atoms with Gasteiger partial charge in [-0.1, -0.05) is 95.9 Å². The van der Waals surface area contributed by atoms with Crippen molar-refractivity contribution in [3.05, 3.63) is 0 Å². The molecule has 0 bridgehead atoms. The summed E-state index contributed by atoms with van der Waals surface area (Å²) in [5.41, 5.74) is 0. The maximum Gasteiger partial charge on any atom is -0.0533 e. The van der Waals surface area contributed by atoms with E-state index in [1.807, 2.05) is 0 Å². The van der Waals surface area contributed by atoms with Gasteiger partial charge in [0.25, 0.3) is 0 Å². The lowest BCUT2D eigenvalue weighted by atomic mass is 10.1. The van der Waals surface area contributed by atoms with Crippen LogP contribution in [0.25, 0.3) is 0 Å². The zero-order chi connectivity index (χ0) is 6.95. The molecule has 0 nitrogen and oxygen atoms in total. The Balaban J connectivity index is -0.0000000320. The third-order valence-corrected chi connectivity index (χ3v) is 1.71. The van der Waals surface area contributed by atoms with E-state index < -0.39 is 0 Å². The predicted octanol–water partition coefficient (Wildman–Crippen LogP) is 6.94. The van der Waals surface area contributed by atoms with Crippen LogP contribution in [0, 0.1) is 0 Å². The number of unbranched alkanes of at least 4 members (excludes halogenated alkanes) is 6. The number of rotatable bonds is 6. The fourth-order valence-corrected chi connectivity index (χ4v) is 1.03. The van der Waals surface area contributed by atoms with Gasteiger partial charge in [-0.2, -0.15) is 0 Å². The van der Waals surface area contributed by atoms with Crippen LogP contribution in [-0.2, 0) is 0 Å². The van der Waals surface area contributed by atoms with Crippen LogP contribution >= 0.6 is 0 Å². The molecule has 0 aliphatic heterocycles. The first kappa shape index (κ1) is 37.0. The fraction of sp³-hybridized carbons (Fsp3) is 1.00. The smallest absolute Gasteiger partial charge is 0.0533 e. The van der Waals surface area contributed by atoms with E-state index in [1.54, 1.807) is 0 Å². The first-order valence-corrected chi connectivity index (χ1v) is 4.41. The van der Waals surface area contributed by atoms with E-state index >= 15 is 0 Å². The van der Waals surface area contributed by atoms with E-state index in [0.717, 1.165) is 0 Å². The molecule has 0 aromatic heterocycles. The van der Waals surface area contributed by atoms with Crippen LogP contribution in [0.3, 0.4) is 0 Å². The highest BCUT2D eigenvalue weighted by Gasteiger charge is 1.85. The Kier molecular flexibility index (Phi) is 101. The second kappa shape index (κ2) is 38.2. The third kappa shape index (κ3) is 40.3. The second-order valence-corrected chi connectivity index (χ2v) is 2.77. The minimum Gasteiger partial charge on any atom is -0.0776 e. The zero-order valence-electron chi connectivity index (χ0n) is 6.95. The number of hydrogen-bond donors (Lipinski definition) is 0. The first-order valence-electron chi connectivity index (χ1n) is 4.41. The molecule has 0 aromatic rings. The highest BCUT2D eigenvalue weighted by atomic mass is 13.9. The van der Waals surface area contributed by atoms with Gasteiger partial charge in [0.05, 0.1) is 0 Å². The van der Waals surface area contributed by atoms with Gasteiger partial charge in [0.2, 0.25) is 0 Å². The van der Waals surface area contributed by atoms with Gasteiger partial charge < -0.3 is 0 Å². The molecular weight excluding hydrogens is 168 g/mol. The molecule has 0 aliphatic carbocycles. The summed E-state index contributed by atoms with van der Waals surface area (Å²) in [5, 5.41) is 0. The van der Waals surface area contributed by atoms with Crippen molar-refractivity contribution in [2.24, 2.45) is 0 Å². The highest BCUT2D eigenvalue weighted by Crippen LogP contribution is 2.05. The topological polar surface area (TPSA) is 0 Å². The van der Waals surface area contributed by atoms with Gasteiger partial charge in [-0.25, -0.2) is 0 Å². The van der Waals surface area contributed by atoms with Crippen molar-refractivity contribution in [1.82, 2.24) is 0 Å². The molecule has 96 valence electrons. The molecule has 0 heteroatoms. The van der Waals surface area contributed by atoms with Gasteiger partial charge in [0, 0.05) is 0 Å². The summed E-state index contributed by atoms with van der Waals surface area (Å²) < 4.78 is 0. The lowest BCUT2D eigenvalue weighted by molar-refractivity contribution is 0.602. The summed E-state index contributed by atoms with van der Waals surface area (Å²) in [7, 11) is 0. The summed E-state index contributed by atoms with van der Waals surface area (Å²) in [6.45, 7) is 4.53. The Labute approximate surface area is 96.5 Å². The van der Waals surface area contributed by atoms with Crippen molar-refractivity contribution >= 4 is 0 Å². The summed E-state index contributed by atoms with van der Waals surface area (Å²) in [4.78, 5) is 0. The first-order chi connectivity index (χ1) is 4.41. The average Bonchev–Trinajstić information content (AvgIpc) is 1.89. The Hall–Kier alpha value is 0. The van der Waals surface area contributed by atoms with Crippen LogP contribution < -0.4 is 0 Å². The van der Waals surface area contributed by atoms with Crippen molar-refractivity contribution in [2.45, 2.75) is 95.9 Å². The lowest BCUT2D eigenvalue weighted by Gasteiger charge is -1.96. The van der Waals surface area contributed by atoms with E-state index in [2.05, 4.69) is 13.8 Å². The Morgan fingerprint density at radius 3 is 0.857 bits per heavy atom. The Bertz CT molecular complexity index is 33.3. The van der Waals surface area contributed by atoms with Gasteiger partial charge in [-0.15, -0.1) is 0 Å². The summed E-state index contributed by atoms with van der Waals surface area (Å²) in [6, 6.07) is 0. The summed E-state index contributed by atoms with van der Waals surface area (Å²) >= 11 is 0. The molecule has 0 radical (unpaired) electrons. The molecule has 0 N–H and O–H groups in total. The van der Waals surface area contributed by atoms with E-state index in [-0.39, 0.29) is 37.1 Å². The standard InChI is InChI=1S/C9H20.5CH4/c1-3-5-7-9-8-6-4-2;;;;;/h3-9H2,1-2H3;5*1H4. The van der Waals surface area contributed by atoms with Crippen molar-refractivity contribution in [3.8, 4) is 0 Å². The van der Waals surface area contributed by atoms with Gasteiger partial charge >= 0.3 is 0 Å². The highest BCUT2D eigenvalue weighted by molar-refractivity contribution is 4.41. The molecule has 0 heterocycles. The van der Waals surface area contributed by atoms with Crippen molar-refractivity contribution in [3.63, 3.8) is 0 Å². The van der Waals surface area contributed by atoms with E-state index in [1.165, 1.54) is 44.9 Å². The largest absolute Gasteiger partial charge is 0.0776 e. The molecule has 0 rings (SSSR count). The van der Waals surface area contributed by atoms with Crippen LogP contribution in [0.4, 0.5) is 0 Å². The van der Waals surface area contributed by atoms with Crippen molar-refractivity contribution in [2.75, 3.05) is 0 Å². The molecule has 0 amide bonds. The van der Waals surface area contributed by atoms with E-state index in [9.17, 15) is 0 Å². The predicted molar refractivity (Wildman–Crippen MR) is 77.3 cm³/mol. The van der Waals surface area contributed by atoms with Crippen molar-refractivity contribution < 1.29 is 0 Å². The maximum atomic E-state index is 2.26. The van der Waals surface area contributed by atoms with Gasteiger partial charge in [0.15, 0.2) is 0 Å². The van der Waals surface area contributed by atoms with Crippen molar-refractivity contribution in [1.29, 1.82) is 0 Å². The van der Waals surface area contributed by atoms with E-state index in [0.29, 0.717) is 0 Å². The van der Waals surface area contributed by atoms with Gasteiger partial charge in [-0.3, -0.25) is 0 Å². The van der Waals surface area contributed by atoms with Crippen LogP contribution in [0.2, 0.25) is 0 Å².